The number of nitrogens with one attached hydrogen (secondary N) is 1. The summed E-state index contributed by atoms with van der Waals surface area (Å²) in [5.41, 5.74) is 6.10. The zero-order valence-corrected chi connectivity index (χ0v) is 21.6. The van der Waals surface area contributed by atoms with Crippen LogP contribution in [0.15, 0.2) is 60.7 Å². The van der Waals surface area contributed by atoms with Crippen molar-refractivity contribution in [3.05, 3.63) is 77.4 Å². The van der Waals surface area contributed by atoms with Gasteiger partial charge in [-0.05, 0) is 39.9 Å². The maximum atomic E-state index is 13.3. The number of nitrogens with zero attached hydrogens (tertiary/aromatic N) is 1. The molecule has 0 fully saturated rings. The standard InChI is InChI=1S/C29H32N2O7/c1-36-24-15-21(16-25(37-2)29(24)38-3)19-10-8-18(9-11-19)17-31(27(34)13-12-26(33)30-35)28-22-7-5-4-6-20(22)14-23(28)32/h4-11,15-16,23,28,32,35H,12-14,17H2,1-3H3,(H,30,33)/t23-,28+/m1/s1. The Hall–Kier alpha value is -4.08. The minimum absolute atomic E-state index is 0.0959. The van der Waals surface area contributed by atoms with Crippen LogP contribution in [0.3, 0.4) is 0 Å². The van der Waals surface area contributed by atoms with E-state index < -0.39 is 18.1 Å². The first kappa shape index (κ1) is 27.0. The van der Waals surface area contributed by atoms with Gasteiger partial charge in [-0.2, -0.15) is 0 Å². The Kier molecular flexibility index (Phi) is 8.50. The highest BCUT2D eigenvalue weighted by Crippen LogP contribution is 2.41. The van der Waals surface area contributed by atoms with Gasteiger partial charge >= 0.3 is 0 Å². The van der Waals surface area contributed by atoms with Gasteiger partial charge in [-0.25, -0.2) is 5.48 Å². The maximum absolute atomic E-state index is 13.3. The van der Waals surface area contributed by atoms with Crippen LogP contribution in [0.5, 0.6) is 17.2 Å². The van der Waals surface area contributed by atoms with E-state index >= 15 is 0 Å². The van der Waals surface area contributed by atoms with Gasteiger partial charge in [0.1, 0.15) is 0 Å². The zero-order valence-electron chi connectivity index (χ0n) is 21.6. The van der Waals surface area contributed by atoms with Crippen molar-refractivity contribution in [1.82, 2.24) is 10.4 Å². The van der Waals surface area contributed by atoms with Crippen molar-refractivity contribution in [2.45, 2.75) is 38.0 Å². The molecule has 0 radical (unpaired) electrons. The summed E-state index contributed by atoms with van der Waals surface area (Å²) in [5, 5.41) is 19.8. The van der Waals surface area contributed by atoms with Crippen LogP contribution in [-0.2, 0) is 22.6 Å². The number of fused-ring (bicyclic) bond motifs is 1. The molecular formula is C29H32N2O7. The summed E-state index contributed by atoms with van der Waals surface area (Å²) in [6.07, 6.45) is -0.569. The van der Waals surface area contributed by atoms with Crippen LogP contribution in [0.4, 0.5) is 0 Å². The quantitative estimate of drug-likeness (QED) is 0.276. The number of hydrogen-bond acceptors (Lipinski definition) is 7. The number of benzene rings is 3. The number of amides is 2. The number of ether oxygens (including phenoxy) is 3. The predicted octanol–water partition coefficient (Wildman–Crippen LogP) is 3.65. The smallest absolute Gasteiger partial charge is 0.243 e. The number of hydrogen-bond donors (Lipinski definition) is 3. The fourth-order valence-electron chi connectivity index (χ4n) is 4.94. The minimum atomic E-state index is -0.762. The van der Waals surface area contributed by atoms with E-state index in [1.165, 1.54) is 0 Å². The van der Waals surface area contributed by atoms with Crippen LogP contribution in [-0.4, -0.2) is 54.5 Å². The number of carbonyl (C=O) groups excluding carboxylic acids is 2. The Balaban J connectivity index is 1.62. The number of aliphatic hydroxyl groups is 1. The third kappa shape index (κ3) is 5.58. The highest BCUT2D eigenvalue weighted by Gasteiger charge is 2.37. The first-order valence-electron chi connectivity index (χ1n) is 12.3. The molecule has 200 valence electrons. The van der Waals surface area contributed by atoms with Crippen molar-refractivity contribution in [2.24, 2.45) is 0 Å². The molecule has 0 bridgehead atoms. The third-order valence-corrected chi connectivity index (χ3v) is 6.82. The van der Waals surface area contributed by atoms with Gasteiger partial charge in [0.15, 0.2) is 11.5 Å². The number of rotatable bonds is 10. The van der Waals surface area contributed by atoms with Crippen molar-refractivity contribution in [2.75, 3.05) is 21.3 Å². The van der Waals surface area contributed by atoms with E-state index in [9.17, 15) is 14.7 Å². The normalized spacial score (nSPS) is 15.9. The molecule has 1 aliphatic carbocycles. The highest BCUT2D eigenvalue weighted by molar-refractivity contribution is 5.83. The van der Waals surface area contributed by atoms with Crippen LogP contribution in [0.2, 0.25) is 0 Å². The summed E-state index contributed by atoms with van der Waals surface area (Å²) in [4.78, 5) is 26.5. The summed E-state index contributed by atoms with van der Waals surface area (Å²) >= 11 is 0. The molecule has 0 unspecified atom stereocenters. The van der Waals surface area contributed by atoms with Gasteiger partial charge in [0.05, 0.1) is 33.5 Å². The van der Waals surface area contributed by atoms with Crippen molar-refractivity contribution in [3.63, 3.8) is 0 Å². The van der Waals surface area contributed by atoms with Gasteiger partial charge in [-0.1, -0.05) is 48.5 Å². The third-order valence-electron chi connectivity index (χ3n) is 6.82. The second kappa shape index (κ2) is 12.0. The molecule has 9 heteroatoms. The van der Waals surface area contributed by atoms with E-state index in [0.29, 0.717) is 23.7 Å². The van der Waals surface area contributed by atoms with E-state index in [0.717, 1.165) is 27.8 Å². The fourth-order valence-corrected chi connectivity index (χ4v) is 4.94. The van der Waals surface area contributed by atoms with Gasteiger partial charge < -0.3 is 24.2 Å². The summed E-state index contributed by atoms with van der Waals surface area (Å²) in [5.74, 6) is 0.672. The molecular weight excluding hydrogens is 488 g/mol. The van der Waals surface area contributed by atoms with E-state index in [1.54, 1.807) is 31.7 Å². The average molecular weight is 521 g/mol. The van der Waals surface area contributed by atoms with Gasteiger partial charge in [0.25, 0.3) is 0 Å². The number of aliphatic hydroxyl groups excluding tert-OH is 1. The molecule has 3 aromatic carbocycles. The minimum Gasteiger partial charge on any atom is -0.493 e. The number of hydroxylamine groups is 1. The van der Waals surface area contributed by atoms with Crippen molar-refractivity contribution >= 4 is 11.8 Å². The monoisotopic (exact) mass is 520 g/mol. The Labute approximate surface area is 221 Å². The molecule has 0 heterocycles. The first-order chi connectivity index (χ1) is 18.4. The molecule has 38 heavy (non-hydrogen) atoms. The second-order valence-corrected chi connectivity index (χ2v) is 9.08. The van der Waals surface area contributed by atoms with E-state index in [4.69, 9.17) is 19.4 Å². The number of carbonyl (C=O) groups is 2. The van der Waals surface area contributed by atoms with Crippen molar-refractivity contribution < 1.29 is 34.1 Å². The van der Waals surface area contributed by atoms with Gasteiger partial charge in [0.2, 0.25) is 17.6 Å². The predicted molar refractivity (Wildman–Crippen MR) is 140 cm³/mol. The molecule has 3 N–H and O–H groups in total. The van der Waals surface area contributed by atoms with Crippen molar-refractivity contribution in [3.8, 4) is 28.4 Å². The average Bonchev–Trinajstić information content (AvgIpc) is 3.29. The lowest BCUT2D eigenvalue weighted by atomic mass is 10.0. The molecule has 0 aromatic heterocycles. The summed E-state index contributed by atoms with van der Waals surface area (Å²) in [6.45, 7) is 0.241. The Morgan fingerprint density at radius 2 is 1.58 bits per heavy atom. The SMILES string of the molecule is COc1cc(-c2ccc(CN(C(=O)CCC(=O)NO)[C@H]3c4ccccc4C[C@H]3O)cc2)cc(OC)c1OC. The van der Waals surface area contributed by atoms with Crippen LogP contribution >= 0.6 is 0 Å². The molecule has 1 aliphatic rings. The molecule has 2 amide bonds. The molecule has 4 rings (SSSR count). The van der Waals surface area contributed by atoms with Crippen molar-refractivity contribution in [1.29, 1.82) is 0 Å². The fraction of sp³-hybridized carbons (Fsp3) is 0.310. The lowest BCUT2D eigenvalue weighted by Crippen LogP contribution is -2.39. The zero-order chi connectivity index (χ0) is 27.2. The Bertz CT molecular complexity index is 1270. The van der Waals surface area contributed by atoms with E-state index in [2.05, 4.69) is 0 Å². The molecule has 9 nitrogen and oxygen atoms in total. The van der Waals surface area contributed by atoms with E-state index in [-0.39, 0.29) is 25.3 Å². The largest absolute Gasteiger partial charge is 0.493 e. The first-order valence-corrected chi connectivity index (χ1v) is 12.3. The lowest BCUT2D eigenvalue weighted by Gasteiger charge is -2.32. The molecule has 0 saturated carbocycles. The van der Waals surface area contributed by atoms with E-state index in [1.807, 2.05) is 60.7 Å². The Morgan fingerprint density at radius 1 is 0.921 bits per heavy atom. The summed E-state index contributed by atoms with van der Waals surface area (Å²) in [6, 6.07) is 18.6. The molecule has 3 aromatic rings. The lowest BCUT2D eigenvalue weighted by molar-refractivity contribution is -0.140. The van der Waals surface area contributed by atoms with Crippen LogP contribution in [0, 0.1) is 0 Å². The Morgan fingerprint density at radius 3 is 2.18 bits per heavy atom. The van der Waals surface area contributed by atoms with Gasteiger partial charge in [-0.15, -0.1) is 0 Å². The molecule has 0 spiro atoms. The highest BCUT2D eigenvalue weighted by atomic mass is 16.5. The van der Waals surface area contributed by atoms with Crippen LogP contribution in [0.1, 0.15) is 35.6 Å². The summed E-state index contributed by atoms with van der Waals surface area (Å²) < 4.78 is 16.4. The molecule has 2 atom stereocenters. The van der Waals surface area contributed by atoms with Gasteiger partial charge in [0, 0.05) is 25.8 Å². The second-order valence-electron chi connectivity index (χ2n) is 9.08. The molecule has 0 saturated heterocycles. The van der Waals surface area contributed by atoms with Crippen LogP contribution < -0.4 is 19.7 Å². The summed E-state index contributed by atoms with van der Waals surface area (Å²) in [7, 11) is 4.68. The van der Waals surface area contributed by atoms with Crippen LogP contribution in [0.25, 0.3) is 11.1 Å². The number of methoxy groups -OCH3 is 3. The maximum Gasteiger partial charge on any atom is 0.243 e. The topological polar surface area (TPSA) is 118 Å². The van der Waals surface area contributed by atoms with Gasteiger partial charge in [-0.3, -0.25) is 14.8 Å². The molecule has 0 aliphatic heterocycles.